The van der Waals surface area contributed by atoms with E-state index in [-0.39, 0.29) is 5.75 Å². The van der Waals surface area contributed by atoms with E-state index in [0.29, 0.717) is 17.3 Å². The molecule has 1 aromatic carbocycles. The predicted molar refractivity (Wildman–Crippen MR) is 76.8 cm³/mol. The van der Waals surface area contributed by atoms with E-state index in [0.717, 1.165) is 16.3 Å². The number of aromatic nitrogens is 3. The Morgan fingerprint density at radius 1 is 1.35 bits per heavy atom. The van der Waals surface area contributed by atoms with Gasteiger partial charge in [0.25, 0.3) is 5.89 Å². The zero-order valence-electron chi connectivity index (χ0n) is 10.9. The Hall–Kier alpha value is -2.41. The standard InChI is InChI=1S/C13H12N4O2S/c1-7-10(13(14-2)20-17-7)12-15-11(16-19-12)8-4-3-5-9(18)6-8/h3-6,14,18H,1-2H3. The first kappa shape index (κ1) is 12.6. The van der Waals surface area contributed by atoms with Crippen molar-refractivity contribution in [3.05, 3.63) is 30.0 Å². The van der Waals surface area contributed by atoms with Crippen LogP contribution in [0, 0.1) is 6.92 Å². The van der Waals surface area contributed by atoms with Crippen molar-refractivity contribution in [1.29, 1.82) is 0 Å². The minimum Gasteiger partial charge on any atom is -0.508 e. The Morgan fingerprint density at radius 2 is 2.20 bits per heavy atom. The molecule has 20 heavy (non-hydrogen) atoms. The molecule has 6 nitrogen and oxygen atoms in total. The van der Waals surface area contributed by atoms with Crippen LogP contribution < -0.4 is 5.32 Å². The highest BCUT2D eigenvalue weighted by Crippen LogP contribution is 2.34. The zero-order valence-corrected chi connectivity index (χ0v) is 11.7. The molecule has 102 valence electrons. The fourth-order valence-corrected chi connectivity index (χ4v) is 2.62. The Morgan fingerprint density at radius 3 is 2.95 bits per heavy atom. The van der Waals surface area contributed by atoms with Gasteiger partial charge in [-0.25, -0.2) is 0 Å². The van der Waals surface area contributed by atoms with E-state index >= 15 is 0 Å². The first-order chi connectivity index (χ1) is 9.69. The van der Waals surface area contributed by atoms with E-state index < -0.39 is 0 Å². The van der Waals surface area contributed by atoms with E-state index in [1.807, 2.05) is 20.0 Å². The van der Waals surface area contributed by atoms with Gasteiger partial charge in [0.05, 0.1) is 11.3 Å². The maximum Gasteiger partial charge on any atom is 0.263 e. The smallest absolute Gasteiger partial charge is 0.263 e. The molecular weight excluding hydrogens is 276 g/mol. The van der Waals surface area contributed by atoms with Crippen LogP contribution in [-0.2, 0) is 0 Å². The second kappa shape index (κ2) is 4.93. The van der Waals surface area contributed by atoms with Crippen LogP contribution in [0.4, 0.5) is 5.00 Å². The molecule has 0 saturated carbocycles. The van der Waals surface area contributed by atoms with Crippen LogP contribution in [0.25, 0.3) is 22.8 Å². The molecule has 0 amide bonds. The van der Waals surface area contributed by atoms with Crippen LogP contribution in [0.15, 0.2) is 28.8 Å². The number of aryl methyl sites for hydroxylation is 1. The van der Waals surface area contributed by atoms with Crippen molar-refractivity contribution in [2.45, 2.75) is 6.92 Å². The third-order valence-corrected chi connectivity index (χ3v) is 3.79. The van der Waals surface area contributed by atoms with Gasteiger partial charge in [-0.3, -0.25) is 0 Å². The van der Waals surface area contributed by atoms with E-state index in [2.05, 4.69) is 19.8 Å². The number of aromatic hydroxyl groups is 1. The number of nitrogens with zero attached hydrogens (tertiary/aromatic N) is 3. The average Bonchev–Trinajstić information content (AvgIpc) is 3.04. The van der Waals surface area contributed by atoms with Crippen molar-refractivity contribution >= 4 is 16.5 Å². The first-order valence-corrected chi connectivity index (χ1v) is 6.74. The Balaban J connectivity index is 2.04. The number of anilines is 1. The molecule has 0 saturated heterocycles. The number of nitrogens with one attached hydrogen (secondary N) is 1. The lowest BCUT2D eigenvalue weighted by atomic mass is 10.2. The van der Waals surface area contributed by atoms with Crippen molar-refractivity contribution in [3.8, 4) is 28.6 Å². The fraction of sp³-hybridized carbons (Fsp3) is 0.154. The van der Waals surface area contributed by atoms with Gasteiger partial charge in [0.15, 0.2) is 0 Å². The lowest BCUT2D eigenvalue weighted by Crippen LogP contribution is -1.88. The van der Waals surface area contributed by atoms with Gasteiger partial charge in [0, 0.05) is 12.6 Å². The second-order valence-corrected chi connectivity index (χ2v) is 4.97. The summed E-state index contributed by atoms with van der Waals surface area (Å²) < 4.78 is 9.58. The van der Waals surface area contributed by atoms with Crippen LogP contribution in [-0.4, -0.2) is 26.7 Å². The minimum absolute atomic E-state index is 0.165. The molecule has 0 aliphatic rings. The number of benzene rings is 1. The highest BCUT2D eigenvalue weighted by atomic mass is 32.1. The minimum atomic E-state index is 0.165. The molecule has 2 N–H and O–H groups in total. The van der Waals surface area contributed by atoms with E-state index in [4.69, 9.17) is 4.52 Å². The van der Waals surface area contributed by atoms with Gasteiger partial charge in [-0.15, -0.1) is 0 Å². The molecule has 2 heterocycles. The number of phenolic OH excluding ortho intramolecular Hbond substituents is 1. The topological polar surface area (TPSA) is 84.1 Å². The quantitative estimate of drug-likeness (QED) is 0.771. The summed E-state index contributed by atoms with van der Waals surface area (Å²) in [6.45, 7) is 1.89. The fourth-order valence-electron chi connectivity index (χ4n) is 1.88. The summed E-state index contributed by atoms with van der Waals surface area (Å²) in [7, 11) is 1.82. The summed E-state index contributed by atoms with van der Waals surface area (Å²) in [4.78, 5) is 4.37. The van der Waals surface area contributed by atoms with Gasteiger partial charge in [0.2, 0.25) is 5.82 Å². The largest absolute Gasteiger partial charge is 0.508 e. The van der Waals surface area contributed by atoms with Gasteiger partial charge >= 0.3 is 0 Å². The summed E-state index contributed by atoms with van der Waals surface area (Å²) in [5, 5.41) is 17.4. The normalized spacial score (nSPS) is 10.7. The van der Waals surface area contributed by atoms with E-state index in [1.54, 1.807) is 18.2 Å². The SMILES string of the molecule is CNc1snc(C)c1-c1nc(-c2cccc(O)c2)no1. The Labute approximate surface area is 119 Å². The molecule has 0 aliphatic heterocycles. The first-order valence-electron chi connectivity index (χ1n) is 5.96. The molecule has 0 fully saturated rings. The number of rotatable bonds is 3. The van der Waals surface area contributed by atoms with Gasteiger partial charge < -0.3 is 14.9 Å². The van der Waals surface area contributed by atoms with Crippen molar-refractivity contribution in [3.63, 3.8) is 0 Å². The molecule has 0 bridgehead atoms. The lowest BCUT2D eigenvalue weighted by Gasteiger charge is -1.97. The zero-order chi connectivity index (χ0) is 14.1. The van der Waals surface area contributed by atoms with Gasteiger partial charge in [0.1, 0.15) is 10.8 Å². The third-order valence-electron chi connectivity index (χ3n) is 2.83. The van der Waals surface area contributed by atoms with Crippen molar-refractivity contribution in [1.82, 2.24) is 14.5 Å². The van der Waals surface area contributed by atoms with Crippen LogP contribution in [0.2, 0.25) is 0 Å². The van der Waals surface area contributed by atoms with Crippen LogP contribution in [0.3, 0.4) is 0 Å². The molecule has 0 radical (unpaired) electrons. The Kier molecular flexibility index (Phi) is 3.11. The van der Waals surface area contributed by atoms with Crippen LogP contribution in [0.1, 0.15) is 5.69 Å². The molecule has 3 rings (SSSR count). The van der Waals surface area contributed by atoms with Gasteiger partial charge in [-0.05, 0) is 30.6 Å². The summed E-state index contributed by atoms with van der Waals surface area (Å²) in [6, 6.07) is 6.73. The van der Waals surface area contributed by atoms with E-state index in [9.17, 15) is 5.11 Å². The number of phenols is 1. The molecule has 0 atom stereocenters. The van der Waals surface area contributed by atoms with E-state index in [1.165, 1.54) is 11.5 Å². The number of hydrogen-bond acceptors (Lipinski definition) is 7. The third kappa shape index (κ3) is 2.12. The Bertz CT molecular complexity index is 750. The highest BCUT2D eigenvalue weighted by Gasteiger charge is 2.19. The molecule has 0 unspecified atom stereocenters. The van der Waals surface area contributed by atoms with Gasteiger partial charge in [-0.1, -0.05) is 17.3 Å². The molecule has 7 heteroatoms. The molecule has 2 aromatic heterocycles. The molecule has 0 aliphatic carbocycles. The van der Waals surface area contributed by atoms with Crippen molar-refractivity contribution in [2.24, 2.45) is 0 Å². The molecule has 3 aromatic rings. The summed E-state index contributed by atoms with van der Waals surface area (Å²) in [6.07, 6.45) is 0. The van der Waals surface area contributed by atoms with Gasteiger partial charge in [-0.2, -0.15) is 9.36 Å². The second-order valence-electron chi connectivity index (χ2n) is 4.20. The number of hydrogen-bond donors (Lipinski definition) is 2. The maximum atomic E-state index is 9.49. The molecule has 0 spiro atoms. The summed E-state index contributed by atoms with van der Waals surface area (Å²) in [5.41, 5.74) is 2.36. The average molecular weight is 288 g/mol. The van der Waals surface area contributed by atoms with Crippen LogP contribution >= 0.6 is 11.5 Å². The van der Waals surface area contributed by atoms with Crippen molar-refractivity contribution < 1.29 is 9.63 Å². The summed E-state index contributed by atoms with van der Waals surface area (Å²) in [5.74, 6) is 1.01. The maximum absolute atomic E-state index is 9.49. The predicted octanol–water partition coefficient (Wildman–Crippen LogP) is 2.92. The molecular formula is C13H12N4O2S. The van der Waals surface area contributed by atoms with Crippen LogP contribution in [0.5, 0.6) is 5.75 Å². The highest BCUT2D eigenvalue weighted by molar-refractivity contribution is 7.10. The lowest BCUT2D eigenvalue weighted by molar-refractivity contribution is 0.432. The van der Waals surface area contributed by atoms with Crippen molar-refractivity contribution in [2.75, 3.05) is 12.4 Å². The monoisotopic (exact) mass is 288 g/mol. The summed E-state index contributed by atoms with van der Waals surface area (Å²) >= 11 is 1.35.